The fourth-order valence-corrected chi connectivity index (χ4v) is 4.40. The Hall–Kier alpha value is -0.0800. The van der Waals surface area contributed by atoms with E-state index < -0.39 is 0 Å². The molecular weight excluding hydrogens is 176 g/mol. The van der Waals surface area contributed by atoms with Gasteiger partial charge in [0.25, 0.3) is 0 Å². The zero-order valence-electron chi connectivity index (χ0n) is 8.91. The van der Waals surface area contributed by atoms with Crippen LogP contribution in [0.25, 0.3) is 0 Å². The summed E-state index contributed by atoms with van der Waals surface area (Å²) in [5, 5.41) is 10.3. The molecule has 4 fully saturated rings. The molecule has 0 aromatic rings. The van der Waals surface area contributed by atoms with Crippen LogP contribution in [0.2, 0.25) is 0 Å². The first-order valence-electron chi connectivity index (χ1n) is 6.04. The summed E-state index contributed by atoms with van der Waals surface area (Å²) in [6, 6.07) is 0. The van der Waals surface area contributed by atoms with E-state index in [-0.39, 0.29) is 5.60 Å². The van der Waals surface area contributed by atoms with E-state index in [0.29, 0.717) is 17.9 Å². The molecule has 0 aromatic carbocycles. The van der Waals surface area contributed by atoms with E-state index in [1.807, 2.05) is 0 Å². The highest BCUT2D eigenvalue weighted by Gasteiger charge is 2.54. The van der Waals surface area contributed by atoms with E-state index in [0.717, 1.165) is 31.8 Å². The molecule has 2 nitrogen and oxygen atoms in total. The second-order valence-corrected chi connectivity index (χ2v) is 5.61. The minimum Gasteiger partial charge on any atom is -0.390 e. The maximum atomic E-state index is 10.3. The van der Waals surface area contributed by atoms with Crippen molar-refractivity contribution in [3.63, 3.8) is 0 Å². The van der Waals surface area contributed by atoms with Crippen LogP contribution in [0.4, 0.5) is 0 Å². The Morgan fingerprint density at radius 3 is 2.36 bits per heavy atom. The zero-order valence-corrected chi connectivity index (χ0v) is 8.91. The molecule has 80 valence electrons. The standard InChI is InChI=1S/C12H20O2/c1-2-14-11-9-3-8-4-10(11)7-12(13,5-8)6-9/h8-11,13H,2-7H2,1H3. The van der Waals surface area contributed by atoms with Crippen molar-refractivity contribution in [2.75, 3.05) is 6.61 Å². The van der Waals surface area contributed by atoms with Gasteiger partial charge in [0.05, 0.1) is 11.7 Å². The first-order chi connectivity index (χ1) is 6.70. The summed E-state index contributed by atoms with van der Waals surface area (Å²) >= 11 is 0. The van der Waals surface area contributed by atoms with Crippen molar-refractivity contribution < 1.29 is 9.84 Å². The van der Waals surface area contributed by atoms with E-state index >= 15 is 0 Å². The van der Waals surface area contributed by atoms with Crippen LogP contribution < -0.4 is 0 Å². The Labute approximate surface area is 85.6 Å². The topological polar surface area (TPSA) is 29.5 Å². The molecule has 2 unspecified atom stereocenters. The summed E-state index contributed by atoms with van der Waals surface area (Å²) in [5.41, 5.74) is -0.301. The van der Waals surface area contributed by atoms with Gasteiger partial charge in [-0.2, -0.15) is 0 Å². The SMILES string of the molecule is CCOC1C2CC3CC1CC(O)(C3)C2. The normalized spacial score (nSPS) is 55.3. The van der Waals surface area contributed by atoms with Gasteiger partial charge in [-0.05, 0) is 56.8 Å². The number of rotatable bonds is 2. The minimum absolute atomic E-state index is 0.301. The average Bonchev–Trinajstić information content (AvgIpc) is 2.08. The van der Waals surface area contributed by atoms with E-state index in [2.05, 4.69) is 6.92 Å². The minimum atomic E-state index is -0.301. The predicted octanol–water partition coefficient (Wildman–Crippen LogP) is 1.96. The molecule has 0 amide bonds. The summed E-state index contributed by atoms with van der Waals surface area (Å²) in [6.45, 7) is 2.92. The number of hydrogen-bond acceptors (Lipinski definition) is 2. The molecule has 2 atom stereocenters. The molecule has 0 saturated heterocycles. The Balaban J connectivity index is 1.82. The van der Waals surface area contributed by atoms with Gasteiger partial charge in [-0.25, -0.2) is 0 Å². The van der Waals surface area contributed by atoms with Crippen molar-refractivity contribution in [1.82, 2.24) is 0 Å². The Kier molecular flexibility index (Phi) is 1.94. The maximum absolute atomic E-state index is 10.3. The van der Waals surface area contributed by atoms with Gasteiger partial charge in [-0.3, -0.25) is 0 Å². The lowest BCUT2D eigenvalue weighted by Gasteiger charge is -2.57. The molecular formula is C12H20O2. The highest BCUT2D eigenvalue weighted by atomic mass is 16.5. The van der Waals surface area contributed by atoms with Crippen LogP contribution in [0, 0.1) is 17.8 Å². The van der Waals surface area contributed by atoms with Gasteiger partial charge in [0, 0.05) is 6.61 Å². The van der Waals surface area contributed by atoms with Crippen LogP contribution in [-0.2, 0) is 4.74 Å². The number of hydrogen-bond donors (Lipinski definition) is 1. The molecule has 0 heterocycles. The number of ether oxygens (including phenoxy) is 1. The molecule has 0 spiro atoms. The highest BCUT2D eigenvalue weighted by molar-refractivity contribution is 5.06. The average molecular weight is 196 g/mol. The van der Waals surface area contributed by atoms with E-state index in [1.165, 1.54) is 12.8 Å². The van der Waals surface area contributed by atoms with Crippen molar-refractivity contribution in [2.24, 2.45) is 17.8 Å². The van der Waals surface area contributed by atoms with Gasteiger partial charge in [0.15, 0.2) is 0 Å². The first-order valence-corrected chi connectivity index (χ1v) is 6.04. The van der Waals surface area contributed by atoms with Crippen molar-refractivity contribution in [3.8, 4) is 0 Å². The lowest BCUT2D eigenvalue weighted by Crippen LogP contribution is -2.57. The molecule has 4 rings (SSSR count). The summed E-state index contributed by atoms with van der Waals surface area (Å²) in [4.78, 5) is 0. The van der Waals surface area contributed by atoms with Crippen LogP contribution in [0.5, 0.6) is 0 Å². The second-order valence-electron chi connectivity index (χ2n) is 5.61. The van der Waals surface area contributed by atoms with Crippen molar-refractivity contribution in [2.45, 2.75) is 50.7 Å². The summed E-state index contributed by atoms with van der Waals surface area (Å²) in [5.74, 6) is 2.12. The number of aliphatic hydroxyl groups is 1. The quantitative estimate of drug-likeness (QED) is 0.731. The summed E-state index contributed by atoms with van der Waals surface area (Å²) in [7, 11) is 0. The van der Waals surface area contributed by atoms with Gasteiger partial charge < -0.3 is 9.84 Å². The van der Waals surface area contributed by atoms with Crippen molar-refractivity contribution in [1.29, 1.82) is 0 Å². The summed E-state index contributed by atoms with van der Waals surface area (Å²) in [6.07, 6.45) is 6.16. The van der Waals surface area contributed by atoms with E-state index in [9.17, 15) is 5.11 Å². The second kappa shape index (κ2) is 2.96. The third-order valence-electron chi connectivity index (χ3n) is 4.51. The molecule has 1 N–H and O–H groups in total. The third kappa shape index (κ3) is 1.24. The fraction of sp³-hybridized carbons (Fsp3) is 1.00. The van der Waals surface area contributed by atoms with Crippen LogP contribution in [0.1, 0.15) is 39.0 Å². The lowest BCUT2D eigenvalue weighted by molar-refractivity contribution is -0.189. The molecule has 0 aromatic heterocycles. The first kappa shape index (κ1) is 9.17. The van der Waals surface area contributed by atoms with Crippen molar-refractivity contribution in [3.05, 3.63) is 0 Å². The Morgan fingerprint density at radius 1 is 1.21 bits per heavy atom. The van der Waals surface area contributed by atoms with Crippen LogP contribution in [-0.4, -0.2) is 23.4 Å². The Bertz CT molecular complexity index is 222. The molecule has 4 aliphatic rings. The predicted molar refractivity (Wildman–Crippen MR) is 53.9 cm³/mol. The van der Waals surface area contributed by atoms with Gasteiger partial charge >= 0.3 is 0 Å². The molecule has 14 heavy (non-hydrogen) atoms. The van der Waals surface area contributed by atoms with Crippen LogP contribution in [0.15, 0.2) is 0 Å². The monoisotopic (exact) mass is 196 g/mol. The molecule has 4 saturated carbocycles. The van der Waals surface area contributed by atoms with E-state index in [4.69, 9.17) is 4.74 Å². The lowest BCUT2D eigenvalue weighted by atomic mass is 9.53. The van der Waals surface area contributed by atoms with Crippen molar-refractivity contribution >= 4 is 0 Å². The van der Waals surface area contributed by atoms with E-state index in [1.54, 1.807) is 0 Å². The van der Waals surface area contributed by atoms with Gasteiger partial charge in [0.1, 0.15) is 0 Å². The maximum Gasteiger partial charge on any atom is 0.0657 e. The van der Waals surface area contributed by atoms with Crippen LogP contribution in [0.3, 0.4) is 0 Å². The highest BCUT2D eigenvalue weighted by Crippen LogP contribution is 2.56. The molecule has 4 bridgehead atoms. The third-order valence-corrected chi connectivity index (χ3v) is 4.51. The molecule has 0 radical (unpaired) electrons. The largest absolute Gasteiger partial charge is 0.390 e. The molecule has 0 aliphatic heterocycles. The Morgan fingerprint density at radius 2 is 1.86 bits per heavy atom. The smallest absolute Gasteiger partial charge is 0.0657 e. The zero-order chi connectivity index (χ0) is 9.76. The van der Waals surface area contributed by atoms with Gasteiger partial charge in [-0.15, -0.1) is 0 Å². The van der Waals surface area contributed by atoms with Crippen LogP contribution >= 0.6 is 0 Å². The molecule has 2 heteroatoms. The van der Waals surface area contributed by atoms with Gasteiger partial charge in [-0.1, -0.05) is 0 Å². The molecule has 4 aliphatic carbocycles. The summed E-state index contributed by atoms with van der Waals surface area (Å²) < 4.78 is 5.85. The fourth-order valence-electron chi connectivity index (χ4n) is 4.40. The van der Waals surface area contributed by atoms with Gasteiger partial charge in [0.2, 0.25) is 0 Å².